The molecule has 0 radical (unpaired) electrons. The van der Waals surface area contributed by atoms with Crippen molar-refractivity contribution in [1.29, 1.82) is 0 Å². The first-order valence-electron chi connectivity index (χ1n) is 8.60. The summed E-state index contributed by atoms with van der Waals surface area (Å²) in [5.74, 6) is 1.52. The van der Waals surface area contributed by atoms with Crippen LogP contribution < -0.4 is 10.6 Å². The van der Waals surface area contributed by atoms with E-state index in [1.807, 2.05) is 20.8 Å². The third-order valence-corrected chi connectivity index (χ3v) is 4.64. The lowest BCUT2D eigenvalue weighted by molar-refractivity contribution is 0.0496. The number of hydrogen-bond acceptors (Lipinski definition) is 3. The van der Waals surface area contributed by atoms with Crippen LogP contribution in [0.5, 0.6) is 0 Å². The van der Waals surface area contributed by atoms with Gasteiger partial charge in [-0.15, -0.1) is 0 Å². The number of carbonyl (C=O) groups excluding carboxylic acids is 1. The van der Waals surface area contributed by atoms with Gasteiger partial charge in [0.2, 0.25) is 0 Å². The molecule has 0 spiro atoms. The summed E-state index contributed by atoms with van der Waals surface area (Å²) < 4.78 is 5.37. The lowest BCUT2D eigenvalue weighted by Crippen LogP contribution is -2.47. The molecule has 2 rings (SSSR count). The summed E-state index contributed by atoms with van der Waals surface area (Å²) in [5.41, 5.74) is -0.425. The van der Waals surface area contributed by atoms with Crippen LogP contribution in [0.3, 0.4) is 0 Å². The SMILES string of the molecule is CCC1CCC(NCC(NC(=O)OC(C)(C)C)C2CC2)C1. The molecule has 4 nitrogen and oxygen atoms in total. The molecule has 0 saturated heterocycles. The highest BCUT2D eigenvalue weighted by Crippen LogP contribution is 2.33. The van der Waals surface area contributed by atoms with Gasteiger partial charge in [0.15, 0.2) is 0 Å². The Balaban J connectivity index is 1.74. The highest BCUT2D eigenvalue weighted by molar-refractivity contribution is 5.68. The van der Waals surface area contributed by atoms with Crippen LogP contribution in [0.15, 0.2) is 0 Å². The molecule has 4 heteroatoms. The number of rotatable bonds is 6. The van der Waals surface area contributed by atoms with E-state index >= 15 is 0 Å². The van der Waals surface area contributed by atoms with E-state index in [-0.39, 0.29) is 12.1 Å². The van der Waals surface area contributed by atoms with Crippen molar-refractivity contribution in [2.45, 2.75) is 83.9 Å². The molecule has 0 aromatic carbocycles. The minimum absolute atomic E-state index is 0.223. The average Bonchev–Trinajstić information content (AvgIpc) is 3.11. The second-order valence-electron chi connectivity index (χ2n) is 7.78. The Morgan fingerprint density at radius 2 is 1.95 bits per heavy atom. The predicted octanol–water partition coefficient (Wildman–Crippen LogP) is 3.46. The first-order chi connectivity index (χ1) is 9.87. The van der Waals surface area contributed by atoms with Crippen LogP contribution in [0.4, 0.5) is 4.79 Å². The number of amides is 1. The molecule has 0 aromatic rings. The molecule has 2 saturated carbocycles. The predicted molar refractivity (Wildman–Crippen MR) is 85.3 cm³/mol. The number of hydrogen-bond donors (Lipinski definition) is 2. The van der Waals surface area contributed by atoms with Gasteiger partial charge in [-0.05, 0) is 64.7 Å². The van der Waals surface area contributed by atoms with Crippen LogP contribution >= 0.6 is 0 Å². The monoisotopic (exact) mass is 296 g/mol. The van der Waals surface area contributed by atoms with Crippen molar-refractivity contribution in [2.24, 2.45) is 11.8 Å². The summed E-state index contributed by atoms with van der Waals surface area (Å²) in [7, 11) is 0. The van der Waals surface area contributed by atoms with Gasteiger partial charge in [-0.1, -0.05) is 13.3 Å². The van der Waals surface area contributed by atoms with E-state index in [9.17, 15) is 4.79 Å². The molecule has 21 heavy (non-hydrogen) atoms. The van der Waals surface area contributed by atoms with Gasteiger partial charge in [-0.3, -0.25) is 0 Å². The van der Waals surface area contributed by atoms with Crippen LogP contribution in [0.1, 0.15) is 66.2 Å². The first kappa shape index (κ1) is 16.6. The molecule has 2 N–H and O–H groups in total. The smallest absolute Gasteiger partial charge is 0.407 e. The van der Waals surface area contributed by atoms with Crippen molar-refractivity contribution < 1.29 is 9.53 Å². The molecule has 0 aliphatic heterocycles. The molecule has 3 unspecified atom stereocenters. The molecule has 1 amide bonds. The Morgan fingerprint density at radius 3 is 2.48 bits per heavy atom. The quantitative estimate of drug-likeness (QED) is 0.789. The molecule has 2 fully saturated rings. The van der Waals surface area contributed by atoms with E-state index in [1.165, 1.54) is 38.5 Å². The van der Waals surface area contributed by atoms with Crippen molar-refractivity contribution in [3.8, 4) is 0 Å². The molecular formula is C17H32N2O2. The fourth-order valence-electron chi connectivity index (χ4n) is 3.22. The average molecular weight is 296 g/mol. The number of nitrogens with one attached hydrogen (secondary N) is 2. The second-order valence-corrected chi connectivity index (χ2v) is 7.78. The Bertz CT molecular complexity index is 347. The van der Waals surface area contributed by atoms with Crippen molar-refractivity contribution in [2.75, 3.05) is 6.54 Å². The maximum Gasteiger partial charge on any atom is 0.407 e. The van der Waals surface area contributed by atoms with Gasteiger partial charge in [-0.25, -0.2) is 4.79 Å². The van der Waals surface area contributed by atoms with Crippen molar-refractivity contribution >= 4 is 6.09 Å². The number of alkyl carbamates (subject to hydrolysis) is 1. The van der Waals surface area contributed by atoms with Gasteiger partial charge in [0.05, 0.1) is 0 Å². The minimum Gasteiger partial charge on any atom is -0.444 e. The number of carbonyl (C=O) groups is 1. The largest absolute Gasteiger partial charge is 0.444 e. The van der Waals surface area contributed by atoms with Crippen molar-refractivity contribution in [3.63, 3.8) is 0 Å². The highest BCUT2D eigenvalue weighted by atomic mass is 16.6. The standard InChI is InChI=1S/C17H32N2O2/c1-5-12-6-9-14(10-12)18-11-15(13-7-8-13)19-16(20)21-17(2,3)4/h12-15,18H,5-11H2,1-4H3,(H,19,20). The Labute approximate surface area is 129 Å². The van der Waals surface area contributed by atoms with Crippen LogP contribution in [-0.4, -0.2) is 30.3 Å². The lowest BCUT2D eigenvalue weighted by atomic mass is 10.1. The molecule has 0 heterocycles. The van der Waals surface area contributed by atoms with Gasteiger partial charge < -0.3 is 15.4 Å². The Morgan fingerprint density at radius 1 is 1.24 bits per heavy atom. The van der Waals surface area contributed by atoms with E-state index in [1.54, 1.807) is 0 Å². The fourth-order valence-corrected chi connectivity index (χ4v) is 3.22. The summed E-state index contributed by atoms with van der Waals surface area (Å²) in [6.45, 7) is 8.87. The van der Waals surface area contributed by atoms with Gasteiger partial charge in [0.25, 0.3) is 0 Å². The molecule has 2 aliphatic carbocycles. The van der Waals surface area contributed by atoms with E-state index < -0.39 is 5.60 Å². The maximum atomic E-state index is 11.9. The molecule has 0 bridgehead atoms. The second kappa shape index (κ2) is 6.99. The third-order valence-electron chi connectivity index (χ3n) is 4.64. The zero-order valence-electron chi connectivity index (χ0n) is 14.1. The van der Waals surface area contributed by atoms with Crippen molar-refractivity contribution in [1.82, 2.24) is 10.6 Å². The Hall–Kier alpha value is -0.770. The molecule has 3 atom stereocenters. The number of ether oxygens (including phenoxy) is 1. The summed E-state index contributed by atoms with van der Waals surface area (Å²) >= 11 is 0. The van der Waals surface area contributed by atoms with E-state index in [0.717, 1.165) is 12.5 Å². The molecule has 122 valence electrons. The van der Waals surface area contributed by atoms with Crippen molar-refractivity contribution in [3.05, 3.63) is 0 Å². The van der Waals surface area contributed by atoms with Gasteiger partial charge in [0, 0.05) is 18.6 Å². The summed E-state index contributed by atoms with van der Waals surface area (Å²) in [5, 5.41) is 6.73. The van der Waals surface area contributed by atoms with Crippen LogP contribution in [0.25, 0.3) is 0 Å². The topological polar surface area (TPSA) is 50.4 Å². The molecule has 2 aliphatic rings. The summed E-state index contributed by atoms with van der Waals surface area (Å²) in [6.07, 6.45) is 7.39. The summed E-state index contributed by atoms with van der Waals surface area (Å²) in [4.78, 5) is 11.9. The molecule has 0 aromatic heterocycles. The zero-order chi connectivity index (χ0) is 15.5. The normalized spacial score (nSPS) is 27.4. The fraction of sp³-hybridized carbons (Fsp3) is 0.941. The van der Waals surface area contributed by atoms with Crippen LogP contribution in [0, 0.1) is 11.8 Å². The Kier molecular flexibility index (Phi) is 5.53. The van der Waals surface area contributed by atoms with Gasteiger partial charge in [-0.2, -0.15) is 0 Å². The summed E-state index contributed by atoms with van der Waals surface area (Å²) in [6, 6.07) is 0.858. The van der Waals surface area contributed by atoms with E-state index in [0.29, 0.717) is 12.0 Å². The van der Waals surface area contributed by atoms with Gasteiger partial charge in [0.1, 0.15) is 5.60 Å². The van der Waals surface area contributed by atoms with E-state index in [4.69, 9.17) is 4.74 Å². The van der Waals surface area contributed by atoms with Gasteiger partial charge >= 0.3 is 6.09 Å². The van der Waals surface area contributed by atoms with E-state index in [2.05, 4.69) is 17.6 Å². The first-order valence-corrected chi connectivity index (χ1v) is 8.60. The zero-order valence-corrected chi connectivity index (χ0v) is 14.1. The lowest BCUT2D eigenvalue weighted by Gasteiger charge is -2.25. The maximum absolute atomic E-state index is 11.9. The third kappa shape index (κ3) is 5.85. The van der Waals surface area contributed by atoms with Crippen LogP contribution in [-0.2, 0) is 4.74 Å². The highest BCUT2D eigenvalue weighted by Gasteiger charge is 2.34. The van der Waals surface area contributed by atoms with Crippen LogP contribution in [0.2, 0.25) is 0 Å². The molecular weight excluding hydrogens is 264 g/mol. The minimum atomic E-state index is -0.425.